The van der Waals surface area contributed by atoms with E-state index in [-0.39, 0.29) is 6.17 Å². The van der Waals surface area contributed by atoms with E-state index in [4.69, 9.17) is 28.6 Å². The van der Waals surface area contributed by atoms with Crippen LogP contribution >= 0.6 is 23.2 Å². The summed E-state index contributed by atoms with van der Waals surface area (Å²) < 4.78 is 0. The van der Waals surface area contributed by atoms with Gasteiger partial charge in [0.1, 0.15) is 6.17 Å². The lowest BCUT2D eigenvalue weighted by Gasteiger charge is -2.15. The first-order valence-corrected chi connectivity index (χ1v) is 8.69. The third-order valence-corrected chi connectivity index (χ3v) is 4.26. The topological polar surface area (TPSA) is 60.3 Å². The van der Waals surface area contributed by atoms with Crippen LogP contribution in [0.25, 0.3) is 5.57 Å². The van der Waals surface area contributed by atoms with Crippen LogP contribution in [0.1, 0.15) is 11.1 Å². The average molecular weight is 387 g/mol. The minimum absolute atomic E-state index is 0.218. The summed E-state index contributed by atoms with van der Waals surface area (Å²) in [4.78, 5) is 0. The highest BCUT2D eigenvalue weighted by Gasteiger charge is 2.13. The first-order valence-electron chi connectivity index (χ1n) is 7.94. The van der Waals surface area contributed by atoms with Gasteiger partial charge in [-0.05, 0) is 23.8 Å². The van der Waals surface area contributed by atoms with Crippen molar-refractivity contribution in [3.05, 3.63) is 88.4 Å². The fraction of sp³-hybridized carbons (Fsp3) is 0.100. The number of benzene rings is 2. The monoisotopic (exact) mass is 386 g/mol. The van der Waals surface area contributed by atoms with Gasteiger partial charge in [0.15, 0.2) is 0 Å². The van der Waals surface area contributed by atoms with E-state index in [0.717, 1.165) is 11.1 Å². The lowest BCUT2D eigenvalue weighted by molar-refractivity contribution is 0.537. The van der Waals surface area contributed by atoms with Gasteiger partial charge >= 0.3 is 0 Å². The van der Waals surface area contributed by atoms with Gasteiger partial charge in [0.2, 0.25) is 0 Å². The van der Waals surface area contributed by atoms with Crippen molar-refractivity contribution >= 4 is 41.2 Å². The van der Waals surface area contributed by atoms with E-state index < -0.39 is 0 Å². The molecule has 6 heteroatoms. The third-order valence-electron chi connectivity index (χ3n) is 3.68. The summed E-state index contributed by atoms with van der Waals surface area (Å²) in [6.45, 7) is 7.62. The van der Waals surface area contributed by atoms with Crippen molar-refractivity contribution in [2.75, 3.05) is 6.54 Å². The molecule has 0 heterocycles. The molecule has 0 saturated carbocycles. The lowest BCUT2D eigenvalue weighted by Crippen LogP contribution is -2.37. The molecular weight excluding hydrogens is 367 g/mol. The van der Waals surface area contributed by atoms with Crippen LogP contribution in [0.3, 0.4) is 0 Å². The summed E-state index contributed by atoms with van der Waals surface area (Å²) in [7, 11) is 0. The summed E-state index contributed by atoms with van der Waals surface area (Å²) >= 11 is 12.3. The van der Waals surface area contributed by atoms with Gasteiger partial charge in [-0.15, -0.1) is 0 Å². The maximum Gasteiger partial charge on any atom is 0.112 e. The Morgan fingerprint density at radius 2 is 1.85 bits per heavy atom. The average Bonchev–Trinajstić information content (AvgIpc) is 2.65. The van der Waals surface area contributed by atoms with Crippen molar-refractivity contribution in [1.29, 1.82) is 5.41 Å². The summed E-state index contributed by atoms with van der Waals surface area (Å²) in [5.74, 6) is 0. The first-order chi connectivity index (χ1) is 12.6. The van der Waals surface area contributed by atoms with E-state index in [1.54, 1.807) is 24.3 Å². The highest BCUT2D eigenvalue weighted by atomic mass is 35.5. The Hall–Kier alpha value is -2.40. The lowest BCUT2D eigenvalue weighted by atomic mass is 9.95. The van der Waals surface area contributed by atoms with Crippen molar-refractivity contribution in [2.45, 2.75) is 6.17 Å². The molecule has 2 rings (SSSR count). The zero-order valence-corrected chi connectivity index (χ0v) is 15.7. The zero-order chi connectivity index (χ0) is 18.9. The molecule has 26 heavy (non-hydrogen) atoms. The quantitative estimate of drug-likeness (QED) is 0.252. The molecule has 2 aromatic carbocycles. The van der Waals surface area contributed by atoms with E-state index in [1.807, 2.05) is 36.4 Å². The van der Waals surface area contributed by atoms with Gasteiger partial charge in [0.05, 0.1) is 5.71 Å². The largest absolute Gasteiger partial charge is 0.300 e. The second-order valence-corrected chi connectivity index (χ2v) is 6.23. The highest BCUT2D eigenvalue weighted by molar-refractivity contribution is 6.39. The van der Waals surface area contributed by atoms with Gasteiger partial charge in [-0.3, -0.25) is 16.2 Å². The van der Waals surface area contributed by atoms with Gasteiger partial charge in [0.25, 0.3) is 0 Å². The minimum atomic E-state index is -0.218. The van der Waals surface area contributed by atoms with Crippen LogP contribution in [0.2, 0.25) is 10.0 Å². The van der Waals surface area contributed by atoms with Crippen molar-refractivity contribution in [3.8, 4) is 0 Å². The van der Waals surface area contributed by atoms with Crippen LogP contribution in [0.4, 0.5) is 0 Å². The van der Waals surface area contributed by atoms with Crippen LogP contribution in [0, 0.1) is 5.41 Å². The molecule has 1 atom stereocenters. The van der Waals surface area contributed by atoms with Gasteiger partial charge in [-0.25, -0.2) is 0 Å². The number of nitrogens with one attached hydrogen (secondary N) is 3. The van der Waals surface area contributed by atoms with Crippen LogP contribution in [-0.2, 0) is 0 Å². The predicted molar refractivity (Wildman–Crippen MR) is 112 cm³/mol. The van der Waals surface area contributed by atoms with Gasteiger partial charge in [-0.2, -0.15) is 5.10 Å². The molecule has 0 spiro atoms. The molecule has 0 radical (unpaired) electrons. The number of nitrogens with zero attached hydrogens (tertiary/aromatic N) is 1. The molecule has 0 saturated heterocycles. The Morgan fingerprint density at radius 3 is 2.46 bits per heavy atom. The minimum Gasteiger partial charge on any atom is -0.300 e. The fourth-order valence-corrected chi connectivity index (χ4v) is 2.73. The van der Waals surface area contributed by atoms with E-state index in [2.05, 4.69) is 29.1 Å². The molecule has 0 amide bonds. The summed E-state index contributed by atoms with van der Waals surface area (Å²) in [5, 5.41) is 16.7. The van der Waals surface area contributed by atoms with Gasteiger partial charge in [0, 0.05) is 34.4 Å². The van der Waals surface area contributed by atoms with E-state index in [1.165, 1.54) is 0 Å². The Labute approximate surface area is 163 Å². The van der Waals surface area contributed by atoms with Crippen molar-refractivity contribution < 1.29 is 0 Å². The molecule has 0 aliphatic carbocycles. The number of hydrazone groups is 1. The Kier molecular flexibility index (Phi) is 7.60. The molecule has 3 N–H and O–H groups in total. The Morgan fingerprint density at radius 1 is 1.15 bits per heavy atom. The number of hydrogen-bond donors (Lipinski definition) is 3. The maximum atomic E-state index is 8.65. The highest BCUT2D eigenvalue weighted by Crippen LogP contribution is 2.25. The molecule has 0 aliphatic heterocycles. The van der Waals surface area contributed by atoms with Crippen LogP contribution in [0.5, 0.6) is 0 Å². The number of rotatable bonds is 9. The molecule has 0 aromatic heterocycles. The second-order valence-electron chi connectivity index (χ2n) is 5.39. The molecular formula is C20H20Cl2N4. The summed E-state index contributed by atoms with van der Waals surface area (Å²) in [6.07, 6.45) is 3.39. The number of allylic oxidation sites excluding steroid dienone is 1. The van der Waals surface area contributed by atoms with Gasteiger partial charge < -0.3 is 0 Å². The molecule has 134 valence electrons. The molecule has 2 aromatic rings. The number of halogens is 2. The molecule has 0 bridgehead atoms. The van der Waals surface area contributed by atoms with Crippen molar-refractivity contribution in [2.24, 2.45) is 5.10 Å². The van der Waals surface area contributed by atoms with Crippen molar-refractivity contribution in [1.82, 2.24) is 10.7 Å². The third kappa shape index (κ3) is 5.30. The second kappa shape index (κ2) is 9.92. The maximum absolute atomic E-state index is 8.65. The zero-order valence-electron chi connectivity index (χ0n) is 14.2. The fourth-order valence-electron chi connectivity index (χ4n) is 2.37. The van der Waals surface area contributed by atoms with Crippen LogP contribution in [0.15, 0.2) is 72.4 Å². The standard InChI is InChI=1S/C20H20Cl2N4/c1-3-19(26-24-2)25-13-12-16(14-8-10-15(21)11-9-14)20(23)17-6-4-5-7-18(17)22/h3-12,19,23,25-26H,1-2,13H2/b16-12-,23-20?. The summed E-state index contributed by atoms with van der Waals surface area (Å²) in [6, 6.07) is 14.7. The van der Waals surface area contributed by atoms with E-state index in [0.29, 0.717) is 27.9 Å². The number of hydrogen-bond acceptors (Lipinski definition) is 4. The smallest absolute Gasteiger partial charge is 0.112 e. The van der Waals surface area contributed by atoms with Crippen LogP contribution < -0.4 is 10.7 Å². The van der Waals surface area contributed by atoms with Gasteiger partial charge in [-0.1, -0.05) is 72.3 Å². The molecule has 1 unspecified atom stereocenters. The molecule has 0 aliphatic rings. The van der Waals surface area contributed by atoms with Crippen LogP contribution in [-0.4, -0.2) is 25.1 Å². The Bertz CT molecular complexity index is 813. The normalized spacial score (nSPS) is 12.3. The Balaban J connectivity index is 2.33. The SMILES string of the molecule is C=CC(NC/C=C(\C(=N)c1ccccc1Cl)c1ccc(Cl)cc1)NN=C. The van der Waals surface area contributed by atoms with E-state index in [9.17, 15) is 0 Å². The summed E-state index contributed by atoms with van der Waals surface area (Å²) in [5.41, 5.74) is 5.42. The van der Waals surface area contributed by atoms with Crippen molar-refractivity contribution in [3.63, 3.8) is 0 Å². The predicted octanol–water partition coefficient (Wildman–Crippen LogP) is 4.75. The molecule has 4 nitrogen and oxygen atoms in total. The first kappa shape index (κ1) is 19.9. The molecule has 0 fully saturated rings. The van der Waals surface area contributed by atoms with E-state index >= 15 is 0 Å².